The molecule has 0 aliphatic heterocycles. The molecule has 1 unspecified atom stereocenters. The van der Waals surface area contributed by atoms with Gasteiger partial charge in [0.05, 0.1) is 0 Å². The average molecular weight is 266 g/mol. The lowest BCUT2D eigenvalue weighted by Crippen LogP contribution is -2.28. The van der Waals surface area contributed by atoms with Crippen molar-refractivity contribution in [2.24, 2.45) is 5.73 Å². The Bertz CT molecular complexity index is 379. The smallest absolute Gasteiger partial charge is 0.255 e. The maximum Gasteiger partial charge on any atom is 0.255 e. The van der Waals surface area contributed by atoms with Gasteiger partial charge in [-0.1, -0.05) is 19.1 Å². The molecule has 0 saturated carbocycles. The van der Waals surface area contributed by atoms with Crippen LogP contribution in [0.15, 0.2) is 24.3 Å². The molecule has 5 nitrogen and oxygen atoms in total. The number of benzene rings is 1. The molecule has 0 radical (unpaired) electrons. The molecule has 0 bridgehead atoms. The number of hydrogen-bond acceptors (Lipinski definition) is 4. The van der Waals surface area contributed by atoms with Crippen LogP contribution in [0, 0.1) is 0 Å². The fourth-order valence-corrected chi connectivity index (χ4v) is 1.73. The maximum absolute atomic E-state index is 10.6. The molecule has 0 aliphatic carbocycles. The van der Waals surface area contributed by atoms with E-state index in [1.165, 1.54) is 0 Å². The highest BCUT2D eigenvalue weighted by atomic mass is 16.5. The zero-order valence-corrected chi connectivity index (χ0v) is 11.3. The summed E-state index contributed by atoms with van der Waals surface area (Å²) in [6.45, 7) is 2.93. The normalized spacial score (nSPS) is 12.1. The van der Waals surface area contributed by atoms with E-state index in [2.05, 4.69) is 12.2 Å². The third-order valence-electron chi connectivity index (χ3n) is 2.87. The Morgan fingerprint density at radius 3 is 2.63 bits per heavy atom. The van der Waals surface area contributed by atoms with E-state index >= 15 is 0 Å². The number of primary amides is 1. The number of ether oxygens (including phenoxy) is 1. The summed E-state index contributed by atoms with van der Waals surface area (Å²) in [7, 11) is 0. The third kappa shape index (κ3) is 6.22. The first-order valence-corrected chi connectivity index (χ1v) is 6.50. The van der Waals surface area contributed by atoms with Crippen molar-refractivity contribution in [3.63, 3.8) is 0 Å². The number of amides is 1. The van der Waals surface area contributed by atoms with Crippen LogP contribution in [-0.2, 0) is 11.3 Å². The first-order valence-electron chi connectivity index (χ1n) is 6.50. The standard InChI is InChI=1S/C14H22N2O3/c1-2-12(7-8-17)16-9-11-3-5-13(6-4-11)19-10-14(15)18/h3-6,12,16-17H,2,7-10H2,1H3,(H2,15,18). The molecule has 5 heteroatoms. The predicted molar refractivity (Wildman–Crippen MR) is 73.8 cm³/mol. The van der Waals surface area contributed by atoms with Crippen molar-refractivity contribution in [1.82, 2.24) is 5.32 Å². The van der Waals surface area contributed by atoms with Gasteiger partial charge in [-0.15, -0.1) is 0 Å². The SMILES string of the molecule is CCC(CCO)NCc1ccc(OCC(N)=O)cc1. The van der Waals surface area contributed by atoms with E-state index < -0.39 is 5.91 Å². The van der Waals surface area contributed by atoms with Crippen LogP contribution in [0.25, 0.3) is 0 Å². The van der Waals surface area contributed by atoms with E-state index in [1.807, 2.05) is 24.3 Å². The van der Waals surface area contributed by atoms with Crippen LogP contribution >= 0.6 is 0 Å². The average Bonchev–Trinajstić information content (AvgIpc) is 2.42. The van der Waals surface area contributed by atoms with Crippen molar-refractivity contribution in [2.45, 2.75) is 32.4 Å². The van der Waals surface area contributed by atoms with E-state index in [9.17, 15) is 4.79 Å². The minimum atomic E-state index is -0.486. The first-order chi connectivity index (χ1) is 9.15. The number of aliphatic hydroxyl groups is 1. The minimum absolute atomic E-state index is 0.105. The van der Waals surface area contributed by atoms with Gasteiger partial charge < -0.3 is 20.9 Å². The van der Waals surface area contributed by atoms with Crippen molar-refractivity contribution in [2.75, 3.05) is 13.2 Å². The van der Waals surface area contributed by atoms with E-state index in [4.69, 9.17) is 15.6 Å². The largest absolute Gasteiger partial charge is 0.484 e. The van der Waals surface area contributed by atoms with Gasteiger partial charge in [0.1, 0.15) is 5.75 Å². The quantitative estimate of drug-likeness (QED) is 0.617. The molecule has 0 aliphatic rings. The number of rotatable bonds is 9. The summed E-state index contributed by atoms with van der Waals surface area (Å²) >= 11 is 0. The number of carbonyl (C=O) groups is 1. The number of aliphatic hydroxyl groups excluding tert-OH is 1. The molecule has 0 aromatic heterocycles. The van der Waals surface area contributed by atoms with Crippen molar-refractivity contribution >= 4 is 5.91 Å². The fourth-order valence-electron chi connectivity index (χ4n) is 1.73. The molecular formula is C14H22N2O3. The highest BCUT2D eigenvalue weighted by Gasteiger charge is 2.04. The number of carbonyl (C=O) groups excluding carboxylic acids is 1. The summed E-state index contributed by atoms with van der Waals surface area (Å²) < 4.78 is 5.18. The first kappa shape index (κ1) is 15.5. The summed E-state index contributed by atoms with van der Waals surface area (Å²) in [5.74, 6) is 0.144. The number of nitrogens with two attached hydrogens (primary N) is 1. The van der Waals surface area contributed by atoms with Crippen LogP contribution in [0.4, 0.5) is 0 Å². The van der Waals surface area contributed by atoms with Gasteiger partial charge in [0.2, 0.25) is 0 Å². The number of nitrogens with one attached hydrogen (secondary N) is 1. The summed E-state index contributed by atoms with van der Waals surface area (Å²) in [5, 5.41) is 12.3. The number of hydrogen-bond donors (Lipinski definition) is 3. The monoisotopic (exact) mass is 266 g/mol. The molecule has 19 heavy (non-hydrogen) atoms. The Hall–Kier alpha value is -1.59. The summed E-state index contributed by atoms with van der Waals surface area (Å²) in [6, 6.07) is 7.83. The molecule has 0 spiro atoms. The Kier molecular flexibility index (Phi) is 6.92. The summed E-state index contributed by atoms with van der Waals surface area (Å²) in [6.07, 6.45) is 1.75. The highest BCUT2D eigenvalue weighted by molar-refractivity contribution is 5.75. The lowest BCUT2D eigenvalue weighted by Gasteiger charge is -2.15. The Balaban J connectivity index is 2.41. The van der Waals surface area contributed by atoms with Gasteiger partial charge in [0.15, 0.2) is 6.61 Å². The fraction of sp³-hybridized carbons (Fsp3) is 0.500. The van der Waals surface area contributed by atoms with Gasteiger partial charge in [-0.25, -0.2) is 0 Å². The van der Waals surface area contributed by atoms with Gasteiger partial charge in [0.25, 0.3) is 5.91 Å². The Morgan fingerprint density at radius 1 is 1.42 bits per heavy atom. The van der Waals surface area contributed by atoms with Crippen LogP contribution in [0.5, 0.6) is 5.75 Å². The minimum Gasteiger partial charge on any atom is -0.484 e. The van der Waals surface area contributed by atoms with Gasteiger partial charge in [0, 0.05) is 19.2 Å². The molecule has 1 aromatic carbocycles. The second kappa shape index (κ2) is 8.50. The van der Waals surface area contributed by atoms with E-state index in [1.54, 1.807) is 0 Å². The van der Waals surface area contributed by atoms with Crippen molar-refractivity contribution < 1.29 is 14.6 Å². The molecule has 1 amide bonds. The summed E-state index contributed by atoms with van der Waals surface area (Å²) in [4.78, 5) is 10.6. The van der Waals surface area contributed by atoms with Gasteiger partial charge >= 0.3 is 0 Å². The molecule has 106 valence electrons. The highest BCUT2D eigenvalue weighted by Crippen LogP contribution is 2.12. The van der Waals surface area contributed by atoms with Crippen LogP contribution in [0.1, 0.15) is 25.3 Å². The van der Waals surface area contributed by atoms with Crippen molar-refractivity contribution in [1.29, 1.82) is 0 Å². The zero-order chi connectivity index (χ0) is 14.1. The Labute approximate surface area is 113 Å². The molecule has 1 atom stereocenters. The van der Waals surface area contributed by atoms with E-state index in [-0.39, 0.29) is 13.2 Å². The van der Waals surface area contributed by atoms with Crippen LogP contribution in [0.3, 0.4) is 0 Å². The molecule has 0 saturated heterocycles. The van der Waals surface area contributed by atoms with E-state index in [0.29, 0.717) is 11.8 Å². The molecule has 1 aromatic rings. The zero-order valence-electron chi connectivity index (χ0n) is 11.3. The summed E-state index contributed by atoms with van der Waals surface area (Å²) in [5.41, 5.74) is 6.13. The van der Waals surface area contributed by atoms with Crippen molar-refractivity contribution in [3.05, 3.63) is 29.8 Å². The molecule has 0 fully saturated rings. The molecule has 0 heterocycles. The van der Waals surface area contributed by atoms with E-state index in [0.717, 1.165) is 24.9 Å². The Morgan fingerprint density at radius 2 is 2.11 bits per heavy atom. The third-order valence-corrected chi connectivity index (χ3v) is 2.87. The topological polar surface area (TPSA) is 84.6 Å². The van der Waals surface area contributed by atoms with Crippen molar-refractivity contribution in [3.8, 4) is 5.75 Å². The van der Waals surface area contributed by atoms with Crippen LogP contribution < -0.4 is 15.8 Å². The van der Waals surface area contributed by atoms with Gasteiger partial charge in [-0.3, -0.25) is 4.79 Å². The maximum atomic E-state index is 10.6. The van der Waals surface area contributed by atoms with Crippen LogP contribution in [0.2, 0.25) is 0 Å². The molecular weight excluding hydrogens is 244 g/mol. The second-order valence-electron chi connectivity index (χ2n) is 4.40. The predicted octanol–water partition coefficient (Wildman–Crippen LogP) is 0.801. The lowest BCUT2D eigenvalue weighted by atomic mass is 10.1. The van der Waals surface area contributed by atoms with Gasteiger partial charge in [-0.2, -0.15) is 0 Å². The molecule has 1 rings (SSSR count). The second-order valence-corrected chi connectivity index (χ2v) is 4.40. The van der Waals surface area contributed by atoms with Gasteiger partial charge in [-0.05, 0) is 30.5 Å². The molecule has 4 N–H and O–H groups in total. The van der Waals surface area contributed by atoms with Crippen LogP contribution in [-0.4, -0.2) is 30.3 Å². The lowest BCUT2D eigenvalue weighted by molar-refractivity contribution is -0.119.